The Labute approximate surface area is 200 Å². The fraction of sp³-hybridized carbons (Fsp3) is 0.0690. The molecule has 3 aromatic carbocycles. The van der Waals surface area contributed by atoms with Gasteiger partial charge in [0.2, 0.25) is 0 Å². The number of para-hydroxylation sites is 1. The van der Waals surface area contributed by atoms with Crippen LogP contribution >= 0.6 is 11.3 Å². The summed E-state index contributed by atoms with van der Waals surface area (Å²) in [6.07, 6.45) is 1.66. The summed E-state index contributed by atoms with van der Waals surface area (Å²) in [5.74, 6) is 0.126. The first-order chi connectivity index (χ1) is 16.5. The Morgan fingerprint density at radius 2 is 1.38 bits per heavy atom. The Balaban J connectivity index is 1.55. The summed E-state index contributed by atoms with van der Waals surface area (Å²) in [5, 5.41) is 0. The number of carbonyl (C=O) groups is 2. The van der Waals surface area contributed by atoms with Gasteiger partial charge in [-0.15, -0.1) is 11.3 Å². The predicted molar refractivity (Wildman–Crippen MR) is 137 cm³/mol. The molecule has 0 amide bonds. The quantitative estimate of drug-likeness (QED) is 0.219. The fourth-order valence-electron chi connectivity index (χ4n) is 4.61. The molecule has 0 unspecified atom stereocenters. The molecule has 2 aromatic heterocycles. The Morgan fingerprint density at radius 3 is 2.00 bits per heavy atom. The van der Waals surface area contributed by atoms with Gasteiger partial charge in [-0.25, -0.2) is 4.98 Å². The third kappa shape index (κ3) is 3.09. The van der Waals surface area contributed by atoms with Crippen molar-refractivity contribution in [2.45, 2.75) is 13.8 Å². The molecule has 0 aliphatic heterocycles. The number of benzene rings is 3. The maximum absolute atomic E-state index is 13.3. The van der Waals surface area contributed by atoms with Gasteiger partial charge in [0.25, 0.3) is 0 Å². The van der Waals surface area contributed by atoms with Crippen LogP contribution in [-0.2, 0) is 0 Å². The van der Waals surface area contributed by atoms with Gasteiger partial charge in [-0.3, -0.25) is 14.2 Å². The molecular weight excluding hydrogens is 440 g/mol. The van der Waals surface area contributed by atoms with Gasteiger partial charge >= 0.3 is 0 Å². The number of imidazole rings is 1. The van der Waals surface area contributed by atoms with Crippen LogP contribution in [-0.4, -0.2) is 21.1 Å². The van der Waals surface area contributed by atoms with Crippen molar-refractivity contribution in [1.29, 1.82) is 0 Å². The van der Waals surface area contributed by atoms with Crippen molar-refractivity contribution in [3.05, 3.63) is 113 Å². The van der Waals surface area contributed by atoms with Crippen LogP contribution in [0.4, 0.5) is 0 Å². The predicted octanol–water partition coefficient (Wildman–Crippen LogP) is 6.83. The summed E-state index contributed by atoms with van der Waals surface area (Å²) >= 11 is 1.60. The van der Waals surface area contributed by atoms with E-state index in [1.165, 1.54) is 0 Å². The molecule has 2 heterocycles. The number of hydrogen-bond acceptors (Lipinski definition) is 4. The summed E-state index contributed by atoms with van der Waals surface area (Å²) < 4.78 is 2.02. The smallest absolute Gasteiger partial charge is 0.198 e. The number of carbonyl (C=O) groups excluding carboxylic acids is 2. The molecule has 164 valence electrons. The second kappa shape index (κ2) is 7.75. The zero-order valence-electron chi connectivity index (χ0n) is 18.7. The van der Waals surface area contributed by atoms with E-state index < -0.39 is 0 Å². The van der Waals surface area contributed by atoms with Gasteiger partial charge in [-0.2, -0.15) is 0 Å². The van der Waals surface area contributed by atoms with Crippen molar-refractivity contribution in [3.63, 3.8) is 0 Å². The van der Waals surface area contributed by atoms with E-state index in [2.05, 4.69) is 18.2 Å². The molecule has 0 fully saturated rings. The lowest BCUT2D eigenvalue weighted by Gasteiger charge is -2.07. The maximum atomic E-state index is 13.3. The second-order valence-corrected chi connectivity index (χ2v) is 9.50. The van der Waals surface area contributed by atoms with Gasteiger partial charge in [-0.1, -0.05) is 60.7 Å². The highest BCUT2D eigenvalue weighted by Crippen LogP contribution is 2.37. The molecule has 1 aliphatic carbocycles. The van der Waals surface area contributed by atoms with Crippen LogP contribution in [0.1, 0.15) is 37.7 Å². The Kier molecular flexibility index (Phi) is 4.67. The lowest BCUT2D eigenvalue weighted by atomic mass is 9.99. The number of hydrogen-bond donors (Lipinski definition) is 0. The number of fused-ring (bicyclic) bond motifs is 2. The third-order valence-corrected chi connectivity index (χ3v) is 7.36. The van der Waals surface area contributed by atoms with Crippen molar-refractivity contribution < 1.29 is 9.59 Å². The van der Waals surface area contributed by atoms with Crippen LogP contribution in [0, 0.1) is 13.8 Å². The molecule has 5 heteroatoms. The highest BCUT2D eigenvalue weighted by molar-refractivity contribution is 7.21. The molecular formula is C29H20N2O2S. The second-order valence-electron chi connectivity index (χ2n) is 8.47. The highest BCUT2D eigenvalue weighted by Gasteiger charge is 2.36. The van der Waals surface area contributed by atoms with Gasteiger partial charge in [0, 0.05) is 21.7 Å². The Bertz CT molecular complexity index is 1600. The molecule has 0 saturated carbocycles. The molecule has 34 heavy (non-hydrogen) atoms. The molecule has 0 atom stereocenters. The van der Waals surface area contributed by atoms with E-state index in [4.69, 9.17) is 4.98 Å². The first-order valence-corrected chi connectivity index (χ1v) is 11.9. The van der Waals surface area contributed by atoms with Crippen molar-refractivity contribution in [2.75, 3.05) is 0 Å². The standard InChI is InChI=1S/C29H20N2O2S/c1-17-13-14-18(2)26-25(17)27(32)21(28(26)33)15-24-30-29-22(31(24)20-11-7-4-8-12-20)16-23(34-29)19-9-5-3-6-10-19/h3-16H,1-2H3. The SMILES string of the molecule is Cc1ccc(C)c2c1C(=O)C(=Cc1nc3sc(-c4ccccc4)cc3n1-c1ccccc1)C2=O. The molecule has 5 aromatic rings. The lowest BCUT2D eigenvalue weighted by molar-refractivity contribution is 0.0990. The topological polar surface area (TPSA) is 52.0 Å². The average molecular weight is 461 g/mol. The van der Waals surface area contributed by atoms with Crippen molar-refractivity contribution >= 4 is 39.3 Å². The van der Waals surface area contributed by atoms with E-state index in [0.29, 0.717) is 17.0 Å². The highest BCUT2D eigenvalue weighted by atomic mass is 32.1. The minimum atomic E-state index is -0.225. The van der Waals surface area contributed by atoms with E-state index >= 15 is 0 Å². The summed E-state index contributed by atoms with van der Waals surface area (Å²) in [6, 6.07) is 26.0. The number of allylic oxidation sites excluding steroid dienone is 1. The maximum Gasteiger partial charge on any atom is 0.198 e. The van der Waals surface area contributed by atoms with Crippen molar-refractivity contribution in [3.8, 4) is 16.1 Å². The van der Waals surface area contributed by atoms with Gasteiger partial charge in [0.1, 0.15) is 10.7 Å². The first kappa shape index (κ1) is 20.5. The van der Waals surface area contributed by atoms with Gasteiger partial charge in [0.15, 0.2) is 11.6 Å². The molecule has 0 spiro atoms. The van der Waals surface area contributed by atoms with Crippen LogP contribution in [0.25, 0.3) is 32.6 Å². The van der Waals surface area contributed by atoms with E-state index in [0.717, 1.165) is 37.6 Å². The zero-order valence-corrected chi connectivity index (χ0v) is 19.5. The van der Waals surface area contributed by atoms with Gasteiger partial charge in [-0.05, 0) is 54.8 Å². The molecule has 0 saturated heterocycles. The molecule has 6 rings (SSSR count). The summed E-state index contributed by atoms with van der Waals surface area (Å²) in [6.45, 7) is 3.75. The lowest BCUT2D eigenvalue weighted by Crippen LogP contribution is -2.04. The van der Waals surface area contributed by atoms with Crippen molar-refractivity contribution in [2.24, 2.45) is 0 Å². The zero-order chi connectivity index (χ0) is 23.4. The monoisotopic (exact) mass is 460 g/mol. The number of ketones is 2. The van der Waals surface area contributed by atoms with Crippen LogP contribution < -0.4 is 0 Å². The summed E-state index contributed by atoms with van der Waals surface area (Å²) in [4.78, 5) is 33.5. The minimum absolute atomic E-state index is 0.172. The number of aryl methyl sites for hydroxylation is 2. The van der Waals surface area contributed by atoms with Crippen LogP contribution in [0.5, 0.6) is 0 Å². The molecule has 0 bridgehead atoms. The Morgan fingerprint density at radius 1 is 0.794 bits per heavy atom. The van der Waals surface area contributed by atoms with E-state index in [1.807, 2.05) is 79.1 Å². The minimum Gasteiger partial charge on any atom is -0.292 e. The van der Waals surface area contributed by atoms with Crippen molar-refractivity contribution in [1.82, 2.24) is 9.55 Å². The summed E-state index contributed by atoms with van der Waals surface area (Å²) in [5.41, 5.74) is 5.86. The van der Waals surface area contributed by atoms with Crippen LogP contribution in [0.3, 0.4) is 0 Å². The van der Waals surface area contributed by atoms with E-state index in [1.54, 1.807) is 17.4 Å². The van der Waals surface area contributed by atoms with E-state index in [-0.39, 0.29) is 17.1 Å². The molecule has 4 nitrogen and oxygen atoms in total. The first-order valence-electron chi connectivity index (χ1n) is 11.1. The van der Waals surface area contributed by atoms with Crippen LogP contribution in [0.15, 0.2) is 84.4 Å². The normalized spacial score (nSPS) is 13.1. The number of rotatable bonds is 3. The van der Waals surface area contributed by atoms with Gasteiger partial charge < -0.3 is 0 Å². The molecule has 1 aliphatic rings. The number of thiophene rings is 1. The van der Waals surface area contributed by atoms with E-state index in [9.17, 15) is 9.59 Å². The number of aromatic nitrogens is 2. The summed E-state index contributed by atoms with van der Waals surface area (Å²) in [7, 11) is 0. The molecule has 0 radical (unpaired) electrons. The van der Waals surface area contributed by atoms with Crippen LogP contribution in [0.2, 0.25) is 0 Å². The molecule has 0 N–H and O–H groups in total. The average Bonchev–Trinajstić information content (AvgIpc) is 3.49. The number of Topliss-reactive ketones (excluding diaryl/α,β-unsaturated/α-hetero) is 2. The number of nitrogens with zero attached hydrogens (tertiary/aromatic N) is 2. The Hall–Kier alpha value is -4.09. The largest absolute Gasteiger partial charge is 0.292 e. The van der Waals surface area contributed by atoms with Gasteiger partial charge in [0.05, 0.1) is 11.1 Å². The fourth-order valence-corrected chi connectivity index (χ4v) is 5.64. The third-order valence-electron chi connectivity index (χ3n) is 6.29.